The molecular formula is C23H38N2O3. The molecule has 4 saturated carbocycles. The molecule has 0 N–H and O–H groups in total. The van der Waals surface area contributed by atoms with Gasteiger partial charge in [0.05, 0.1) is 12.0 Å². The maximum atomic E-state index is 13.8. The summed E-state index contributed by atoms with van der Waals surface area (Å²) in [6, 6.07) is -0.254. The highest BCUT2D eigenvalue weighted by atomic mass is 16.5. The third-order valence-corrected chi connectivity index (χ3v) is 7.75. The Hall–Kier alpha value is -1.10. The molecule has 158 valence electrons. The van der Waals surface area contributed by atoms with Crippen molar-refractivity contribution in [1.82, 2.24) is 9.80 Å². The predicted octanol–water partition coefficient (Wildman–Crippen LogP) is 3.32. The van der Waals surface area contributed by atoms with Crippen molar-refractivity contribution in [3.63, 3.8) is 0 Å². The molecule has 1 saturated heterocycles. The standard InChI is InChI=1S/C23H38N2O3/c1-16(2)15-24(7-8-28-3)21(26)20-5-4-6-25(20)22(27)23-12-17-9-18(13-23)11-19(10-17)14-23/h16-20H,4-15H2,1-3H3. The average Bonchev–Trinajstić information content (AvgIpc) is 3.12. The van der Waals surface area contributed by atoms with E-state index in [0.29, 0.717) is 25.0 Å². The number of nitrogens with zero attached hydrogens (tertiary/aromatic N) is 2. The van der Waals surface area contributed by atoms with Gasteiger partial charge in [-0.1, -0.05) is 13.8 Å². The molecular weight excluding hydrogens is 352 g/mol. The SMILES string of the molecule is COCCN(CC(C)C)C(=O)C1CCCN1C(=O)C12CC3CC(CC(C3)C1)C2. The topological polar surface area (TPSA) is 49.9 Å². The number of ether oxygens (including phenoxy) is 1. The van der Waals surface area contributed by atoms with Crippen LogP contribution >= 0.6 is 0 Å². The quantitative estimate of drug-likeness (QED) is 0.670. The fourth-order valence-corrected chi connectivity index (χ4v) is 7.09. The van der Waals surface area contributed by atoms with Crippen LogP contribution in [0.3, 0.4) is 0 Å². The van der Waals surface area contributed by atoms with Crippen molar-refractivity contribution in [2.45, 2.75) is 71.3 Å². The largest absolute Gasteiger partial charge is 0.383 e. The maximum Gasteiger partial charge on any atom is 0.245 e. The highest BCUT2D eigenvalue weighted by Gasteiger charge is 2.57. The van der Waals surface area contributed by atoms with Crippen LogP contribution < -0.4 is 0 Å². The van der Waals surface area contributed by atoms with Crippen LogP contribution in [0.5, 0.6) is 0 Å². The Bertz CT molecular complexity index is 567. The highest BCUT2D eigenvalue weighted by Crippen LogP contribution is 2.60. The fraction of sp³-hybridized carbons (Fsp3) is 0.913. The first-order valence-corrected chi connectivity index (χ1v) is 11.5. The van der Waals surface area contributed by atoms with Crippen molar-refractivity contribution in [3.8, 4) is 0 Å². The van der Waals surface area contributed by atoms with Gasteiger partial charge in [0.25, 0.3) is 0 Å². The van der Waals surface area contributed by atoms with Gasteiger partial charge in [-0.2, -0.15) is 0 Å². The van der Waals surface area contributed by atoms with Crippen LogP contribution in [0, 0.1) is 29.1 Å². The molecule has 4 aliphatic carbocycles. The van der Waals surface area contributed by atoms with Gasteiger partial charge in [-0.05, 0) is 75.0 Å². The normalized spacial score (nSPS) is 36.4. The lowest BCUT2D eigenvalue weighted by molar-refractivity contribution is -0.162. The number of amides is 2. The second-order valence-electron chi connectivity index (χ2n) is 10.5. The van der Waals surface area contributed by atoms with Crippen LogP contribution in [0.25, 0.3) is 0 Å². The van der Waals surface area contributed by atoms with Crippen LogP contribution in [0.4, 0.5) is 0 Å². The monoisotopic (exact) mass is 390 g/mol. The number of hydrogen-bond donors (Lipinski definition) is 0. The minimum Gasteiger partial charge on any atom is -0.383 e. The van der Waals surface area contributed by atoms with Gasteiger partial charge in [0.15, 0.2) is 0 Å². The average molecular weight is 391 g/mol. The highest BCUT2D eigenvalue weighted by molar-refractivity contribution is 5.91. The van der Waals surface area contributed by atoms with Gasteiger partial charge < -0.3 is 14.5 Å². The van der Waals surface area contributed by atoms with E-state index in [1.807, 2.05) is 9.80 Å². The number of carbonyl (C=O) groups is 2. The lowest BCUT2D eigenvalue weighted by Gasteiger charge is -2.56. The summed E-state index contributed by atoms with van der Waals surface area (Å²) in [4.78, 5) is 31.1. The summed E-state index contributed by atoms with van der Waals surface area (Å²) in [7, 11) is 1.68. The van der Waals surface area contributed by atoms with E-state index in [2.05, 4.69) is 13.8 Å². The first kappa shape index (κ1) is 20.2. The van der Waals surface area contributed by atoms with Crippen molar-refractivity contribution >= 4 is 11.8 Å². The third-order valence-electron chi connectivity index (χ3n) is 7.75. The summed E-state index contributed by atoms with van der Waals surface area (Å²) < 4.78 is 5.23. The summed E-state index contributed by atoms with van der Waals surface area (Å²) in [5, 5.41) is 0. The Labute approximate surface area is 170 Å². The number of likely N-dealkylation sites (tertiary alicyclic amines) is 1. The molecule has 0 aromatic carbocycles. The minimum atomic E-state index is -0.254. The molecule has 5 heteroatoms. The number of carbonyl (C=O) groups excluding carboxylic acids is 2. The molecule has 0 spiro atoms. The summed E-state index contributed by atoms with van der Waals surface area (Å²) in [6.07, 6.45) is 9.03. The van der Waals surface area contributed by atoms with E-state index in [1.54, 1.807) is 7.11 Å². The van der Waals surface area contributed by atoms with Crippen molar-refractivity contribution < 1.29 is 14.3 Å². The molecule has 5 rings (SSSR count). The van der Waals surface area contributed by atoms with E-state index in [1.165, 1.54) is 19.3 Å². The number of hydrogen-bond acceptors (Lipinski definition) is 3. The van der Waals surface area contributed by atoms with Crippen LogP contribution in [-0.2, 0) is 14.3 Å². The smallest absolute Gasteiger partial charge is 0.245 e. The van der Waals surface area contributed by atoms with Gasteiger partial charge in [-0.25, -0.2) is 0 Å². The van der Waals surface area contributed by atoms with Gasteiger partial charge >= 0.3 is 0 Å². The molecule has 1 atom stereocenters. The molecule has 5 fully saturated rings. The van der Waals surface area contributed by atoms with Crippen molar-refractivity contribution in [3.05, 3.63) is 0 Å². The predicted molar refractivity (Wildman–Crippen MR) is 109 cm³/mol. The first-order valence-electron chi connectivity index (χ1n) is 11.5. The molecule has 5 nitrogen and oxygen atoms in total. The maximum absolute atomic E-state index is 13.8. The van der Waals surface area contributed by atoms with Gasteiger partial charge in [0, 0.05) is 26.7 Å². The number of rotatable bonds is 7. The van der Waals surface area contributed by atoms with Gasteiger partial charge in [-0.3, -0.25) is 9.59 Å². The summed E-state index contributed by atoms with van der Waals surface area (Å²) in [5.74, 6) is 3.14. The van der Waals surface area contributed by atoms with E-state index >= 15 is 0 Å². The Balaban J connectivity index is 1.49. The zero-order chi connectivity index (χ0) is 19.9. The second kappa shape index (κ2) is 7.97. The molecule has 4 bridgehead atoms. The fourth-order valence-electron chi connectivity index (χ4n) is 7.09. The summed E-state index contributed by atoms with van der Waals surface area (Å²) in [5.41, 5.74) is -0.146. The molecule has 1 heterocycles. The van der Waals surface area contributed by atoms with E-state index in [-0.39, 0.29) is 17.4 Å². The van der Waals surface area contributed by atoms with Crippen LogP contribution in [0.1, 0.15) is 65.2 Å². The lowest BCUT2D eigenvalue weighted by Crippen LogP contribution is -2.57. The third kappa shape index (κ3) is 3.71. The van der Waals surface area contributed by atoms with E-state index in [0.717, 1.165) is 62.9 Å². The Morgan fingerprint density at radius 1 is 1.11 bits per heavy atom. The molecule has 28 heavy (non-hydrogen) atoms. The van der Waals surface area contributed by atoms with E-state index in [4.69, 9.17) is 4.74 Å². The minimum absolute atomic E-state index is 0.140. The summed E-state index contributed by atoms with van der Waals surface area (Å²) >= 11 is 0. The lowest BCUT2D eigenvalue weighted by atomic mass is 9.49. The zero-order valence-electron chi connectivity index (χ0n) is 18.0. The van der Waals surface area contributed by atoms with Crippen LogP contribution in [-0.4, -0.2) is 61.0 Å². The second-order valence-corrected chi connectivity index (χ2v) is 10.5. The van der Waals surface area contributed by atoms with Crippen LogP contribution in [0.15, 0.2) is 0 Å². The molecule has 2 amide bonds. The van der Waals surface area contributed by atoms with E-state index < -0.39 is 0 Å². The van der Waals surface area contributed by atoms with Crippen LogP contribution in [0.2, 0.25) is 0 Å². The van der Waals surface area contributed by atoms with E-state index in [9.17, 15) is 9.59 Å². The van der Waals surface area contributed by atoms with Crippen molar-refractivity contribution in [2.24, 2.45) is 29.1 Å². The van der Waals surface area contributed by atoms with Crippen molar-refractivity contribution in [2.75, 3.05) is 33.4 Å². The molecule has 5 aliphatic rings. The number of methoxy groups -OCH3 is 1. The van der Waals surface area contributed by atoms with Crippen molar-refractivity contribution in [1.29, 1.82) is 0 Å². The van der Waals surface area contributed by atoms with Gasteiger partial charge in [0.2, 0.25) is 11.8 Å². The summed E-state index contributed by atoms with van der Waals surface area (Å²) in [6.45, 7) is 6.94. The Morgan fingerprint density at radius 2 is 1.71 bits per heavy atom. The molecule has 0 aromatic heterocycles. The van der Waals surface area contributed by atoms with Gasteiger partial charge in [0.1, 0.15) is 6.04 Å². The Morgan fingerprint density at radius 3 is 2.25 bits per heavy atom. The molecule has 0 radical (unpaired) electrons. The molecule has 1 aliphatic heterocycles. The van der Waals surface area contributed by atoms with Gasteiger partial charge in [-0.15, -0.1) is 0 Å². The molecule has 0 aromatic rings. The zero-order valence-corrected chi connectivity index (χ0v) is 18.0. The first-order chi connectivity index (χ1) is 13.4. The molecule has 1 unspecified atom stereocenters. The Kier molecular flexibility index (Phi) is 5.74.